The highest BCUT2D eigenvalue weighted by molar-refractivity contribution is 6.11. The van der Waals surface area contributed by atoms with Gasteiger partial charge < -0.3 is 10.1 Å². The summed E-state index contributed by atoms with van der Waals surface area (Å²) in [5.41, 5.74) is 2.30. The van der Waals surface area contributed by atoms with Crippen LogP contribution in [-0.2, 0) is 0 Å². The maximum atomic E-state index is 12.7. The van der Waals surface area contributed by atoms with E-state index < -0.39 is 0 Å². The zero-order valence-corrected chi connectivity index (χ0v) is 12.5. The molecule has 3 aromatic rings. The van der Waals surface area contributed by atoms with Gasteiger partial charge in [-0.25, -0.2) is 0 Å². The average molecular weight is 301 g/mol. The smallest absolute Gasteiger partial charge is 0.259 e. The van der Waals surface area contributed by atoms with E-state index >= 15 is 0 Å². The molecule has 1 aliphatic rings. The molecule has 0 bridgehead atoms. The predicted molar refractivity (Wildman–Crippen MR) is 92.9 cm³/mol. The van der Waals surface area contributed by atoms with Crippen molar-refractivity contribution in [3.63, 3.8) is 0 Å². The Morgan fingerprint density at radius 3 is 2.65 bits per heavy atom. The first-order valence-electron chi connectivity index (χ1n) is 7.54. The Labute approximate surface area is 134 Å². The number of rotatable bonds is 2. The van der Waals surface area contributed by atoms with Gasteiger partial charge in [-0.2, -0.15) is 0 Å². The average Bonchev–Trinajstić information content (AvgIpc) is 2.62. The number of hydrogen-bond donors (Lipinski definition) is 1. The third kappa shape index (κ3) is 2.46. The van der Waals surface area contributed by atoms with E-state index in [9.17, 15) is 4.79 Å². The Balaban J connectivity index is 1.83. The zero-order valence-electron chi connectivity index (χ0n) is 12.5. The predicted octanol–water partition coefficient (Wildman–Crippen LogP) is 4.50. The van der Waals surface area contributed by atoms with E-state index in [0.717, 1.165) is 22.0 Å². The number of para-hydroxylation sites is 1. The molecule has 0 radical (unpaired) electrons. The van der Waals surface area contributed by atoms with Gasteiger partial charge in [-0.05, 0) is 35.0 Å². The van der Waals surface area contributed by atoms with E-state index in [0.29, 0.717) is 17.9 Å². The summed E-state index contributed by atoms with van der Waals surface area (Å²) in [7, 11) is 0. The van der Waals surface area contributed by atoms with Crippen LogP contribution in [0.5, 0.6) is 5.75 Å². The maximum Gasteiger partial charge on any atom is 0.259 e. The molecule has 112 valence electrons. The second-order valence-corrected chi connectivity index (χ2v) is 5.42. The molecule has 0 atom stereocenters. The number of carbonyl (C=O) groups is 1. The Morgan fingerprint density at radius 1 is 1.00 bits per heavy atom. The van der Waals surface area contributed by atoms with Crippen LogP contribution in [-0.4, -0.2) is 12.5 Å². The molecule has 0 saturated carbocycles. The van der Waals surface area contributed by atoms with E-state index in [1.54, 1.807) is 0 Å². The van der Waals surface area contributed by atoms with Crippen LogP contribution < -0.4 is 10.1 Å². The molecule has 0 spiro atoms. The van der Waals surface area contributed by atoms with Gasteiger partial charge >= 0.3 is 0 Å². The van der Waals surface area contributed by atoms with Crippen LogP contribution in [0.4, 0.5) is 5.69 Å². The topological polar surface area (TPSA) is 38.3 Å². The molecule has 1 heterocycles. The molecular formula is C20H15NO2. The zero-order chi connectivity index (χ0) is 15.6. The lowest BCUT2D eigenvalue weighted by Crippen LogP contribution is -2.15. The number of ether oxygens (including phenoxy) is 1. The van der Waals surface area contributed by atoms with E-state index in [2.05, 4.69) is 5.32 Å². The summed E-state index contributed by atoms with van der Waals surface area (Å²) in [4.78, 5) is 12.7. The van der Waals surface area contributed by atoms with Crippen molar-refractivity contribution >= 4 is 28.4 Å². The normalized spacial score (nSPS) is 12.5. The molecule has 0 saturated heterocycles. The van der Waals surface area contributed by atoms with E-state index in [1.807, 2.05) is 72.8 Å². The summed E-state index contributed by atoms with van der Waals surface area (Å²) in [6, 6.07) is 19.4. The van der Waals surface area contributed by atoms with Crippen LogP contribution in [0.2, 0.25) is 0 Å². The quantitative estimate of drug-likeness (QED) is 0.757. The summed E-state index contributed by atoms with van der Waals surface area (Å²) >= 11 is 0. The number of carbonyl (C=O) groups excluding carboxylic acids is 1. The monoisotopic (exact) mass is 301 g/mol. The summed E-state index contributed by atoms with van der Waals surface area (Å²) in [5, 5.41) is 5.05. The molecule has 1 amide bonds. The molecule has 3 aromatic carbocycles. The molecule has 3 nitrogen and oxygen atoms in total. The first-order valence-corrected chi connectivity index (χ1v) is 7.54. The highest BCUT2D eigenvalue weighted by Crippen LogP contribution is 2.35. The third-order valence-electron chi connectivity index (χ3n) is 3.92. The second-order valence-electron chi connectivity index (χ2n) is 5.42. The van der Waals surface area contributed by atoms with Gasteiger partial charge in [0.15, 0.2) is 0 Å². The van der Waals surface area contributed by atoms with Crippen molar-refractivity contribution in [1.29, 1.82) is 0 Å². The lowest BCUT2D eigenvalue weighted by atomic mass is 9.97. The van der Waals surface area contributed by atoms with E-state index in [-0.39, 0.29) is 5.91 Å². The first kappa shape index (κ1) is 13.6. The molecule has 0 unspecified atom stereocenters. The molecule has 4 rings (SSSR count). The van der Waals surface area contributed by atoms with Gasteiger partial charge in [-0.1, -0.05) is 48.5 Å². The van der Waals surface area contributed by atoms with Crippen molar-refractivity contribution in [2.75, 3.05) is 11.9 Å². The Morgan fingerprint density at radius 2 is 1.78 bits per heavy atom. The van der Waals surface area contributed by atoms with Gasteiger partial charge in [-0.3, -0.25) is 4.79 Å². The van der Waals surface area contributed by atoms with Crippen LogP contribution in [0, 0.1) is 0 Å². The van der Waals surface area contributed by atoms with Crippen molar-refractivity contribution in [3.05, 3.63) is 77.9 Å². The summed E-state index contributed by atoms with van der Waals surface area (Å²) < 4.78 is 5.77. The van der Waals surface area contributed by atoms with Gasteiger partial charge in [0.05, 0.1) is 5.56 Å². The molecule has 0 aliphatic carbocycles. The van der Waals surface area contributed by atoms with Gasteiger partial charge in [0.25, 0.3) is 5.91 Å². The number of amides is 1. The van der Waals surface area contributed by atoms with Gasteiger partial charge in [0.1, 0.15) is 12.4 Å². The van der Waals surface area contributed by atoms with Crippen molar-refractivity contribution < 1.29 is 9.53 Å². The Hall–Kier alpha value is -3.07. The van der Waals surface area contributed by atoms with Gasteiger partial charge in [0, 0.05) is 11.3 Å². The standard InChI is InChI=1S/C20H15NO2/c22-20(21-15-8-2-1-3-9-15)18-13-14-7-4-5-10-16(14)17-11-6-12-23-19(17)18/h1-11,13H,12H2,(H,21,22). The minimum atomic E-state index is -0.159. The number of nitrogens with one attached hydrogen (secondary N) is 1. The minimum absolute atomic E-state index is 0.159. The van der Waals surface area contributed by atoms with Crippen molar-refractivity contribution in [2.24, 2.45) is 0 Å². The minimum Gasteiger partial charge on any atom is -0.488 e. The number of benzene rings is 3. The maximum absolute atomic E-state index is 12.7. The summed E-state index contributed by atoms with van der Waals surface area (Å²) in [6.07, 6.45) is 3.99. The number of anilines is 1. The molecular weight excluding hydrogens is 286 g/mol. The van der Waals surface area contributed by atoms with Gasteiger partial charge in [0.2, 0.25) is 0 Å². The molecule has 1 aliphatic heterocycles. The van der Waals surface area contributed by atoms with Crippen LogP contribution in [0.1, 0.15) is 15.9 Å². The van der Waals surface area contributed by atoms with Crippen LogP contribution in [0.25, 0.3) is 16.8 Å². The largest absolute Gasteiger partial charge is 0.488 e. The van der Waals surface area contributed by atoms with Crippen LogP contribution in [0.15, 0.2) is 66.7 Å². The van der Waals surface area contributed by atoms with Crippen molar-refractivity contribution in [2.45, 2.75) is 0 Å². The fourth-order valence-corrected chi connectivity index (χ4v) is 2.86. The molecule has 1 N–H and O–H groups in total. The second kappa shape index (κ2) is 5.61. The molecule has 23 heavy (non-hydrogen) atoms. The number of fused-ring (bicyclic) bond motifs is 3. The van der Waals surface area contributed by atoms with Crippen LogP contribution in [0.3, 0.4) is 0 Å². The van der Waals surface area contributed by atoms with Crippen molar-refractivity contribution in [1.82, 2.24) is 0 Å². The summed E-state index contributed by atoms with van der Waals surface area (Å²) in [5.74, 6) is 0.494. The Kier molecular flexibility index (Phi) is 3.31. The van der Waals surface area contributed by atoms with E-state index in [1.165, 1.54) is 0 Å². The molecule has 0 fully saturated rings. The van der Waals surface area contributed by atoms with Crippen LogP contribution >= 0.6 is 0 Å². The number of hydrogen-bond acceptors (Lipinski definition) is 2. The fourth-order valence-electron chi connectivity index (χ4n) is 2.86. The lowest BCUT2D eigenvalue weighted by Gasteiger charge is -2.18. The first-order chi connectivity index (χ1) is 11.3. The van der Waals surface area contributed by atoms with Gasteiger partial charge in [-0.15, -0.1) is 0 Å². The molecule has 0 aromatic heterocycles. The van der Waals surface area contributed by atoms with Crippen molar-refractivity contribution in [3.8, 4) is 5.75 Å². The highest BCUT2D eigenvalue weighted by atomic mass is 16.5. The lowest BCUT2D eigenvalue weighted by molar-refractivity contribution is 0.102. The Bertz CT molecular complexity index is 914. The highest BCUT2D eigenvalue weighted by Gasteiger charge is 2.20. The summed E-state index contributed by atoms with van der Waals surface area (Å²) in [6.45, 7) is 0.483. The SMILES string of the molecule is O=C(Nc1ccccc1)c1cc2ccccc2c2c1OCC=C2. The fraction of sp³-hybridized carbons (Fsp3) is 0.0500. The van der Waals surface area contributed by atoms with E-state index in [4.69, 9.17) is 4.74 Å². The molecule has 3 heteroatoms. The third-order valence-corrected chi connectivity index (χ3v) is 3.92.